The maximum absolute atomic E-state index is 13.0. The SMILES string of the molecule is O=[S@@](Cc1ccccc1)/C(=C/NC(=S)Nc1ccccc1)c1ccccc1. The summed E-state index contributed by atoms with van der Waals surface area (Å²) in [6.07, 6.45) is 1.73. The Bertz CT molecular complexity index is 926. The molecular weight excluding hydrogens is 372 g/mol. The third kappa shape index (κ3) is 5.88. The Morgan fingerprint density at radius 3 is 2.04 bits per heavy atom. The lowest BCUT2D eigenvalue weighted by Crippen LogP contribution is -2.24. The second-order valence-corrected chi connectivity index (χ2v) is 7.64. The van der Waals surface area contributed by atoms with Crippen molar-refractivity contribution in [2.75, 3.05) is 5.32 Å². The van der Waals surface area contributed by atoms with Gasteiger partial charge in [-0.2, -0.15) is 0 Å². The highest BCUT2D eigenvalue weighted by Crippen LogP contribution is 2.20. The van der Waals surface area contributed by atoms with Crippen LogP contribution in [-0.4, -0.2) is 9.32 Å². The lowest BCUT2D eigenvalue weighted by Gasteiger charge is -2.11. The smallest absolute Gasteiger partial charge is 0.174 e. The minimum absolute atomic E-state index is 0.447. The Hall–Kier alpha value is -2.76. The van der Waals surface area contributed by atoms with Gasteiger partial charge in [0.25, 0.3) is 0 Å². The second kappa shape index (κ2) is 9.80. The third-order valence-electron chi connectivity index (χ3n) is 3.81. The van der Waals surface area contributed by atoms with E-state index in [-0.39, 0.29) is 0 Å². The van der Waals surface area contributed by atoms with Gasteiger partial charge < -0.3 is 10.6 Å². The zero-order chi connectivity index (χ0) is 18.9. The average Bonchev–Trinajstić information content (AvgIpc) is 2.70. The molecule has 0 aromatic heterocycles. The monoisotopic (exact) mass is 392 g/mol. The molecule has 0 saturated carbocycles. The van der Waals surface area contributed by atoms with E-state index in [1.165, 1.54) is 0 Å². The van der Waals surface area contributed by atoms with Crippen LogP contribution in [0.5, 0.6) is 0 Å². The van der Waals surface area contributed by atoms with Crippen molar-refractivity contribution in [2.24, 2.45) is 0 Å². The predicted molar refractivity (Wildman–Crippen MR) is 119 cm³/mol. The van der Waals surface area contributed by atoms with Gasteiger partial charge in [-0.05, 0) is 35.5 Å². The molecule has 0 spiro atoms. The van der Waals surface area contributed by atoms with Crippen LogP contribution in [0, 0.1) is 0 Å². The molecule has 0 unspecified atom stereocenters. The zero-order valence-electron chi connectivity index (χ0n) is 14.7. The number of para-hydroxylation sites is 1. The Labute approximate surface area is 167 Å². The van der Waals surface area contributed by atoms with Crippen LogP contribution in [0.15, 0.2) is 97.2 Å². The van der Waals surface area contributed by atoms with Gasteiger partial charge in [-0.25, -0.2) is 0 Å². The first-order valence-corrected chi connectivity index (χ1v) is 10.3. The molecule has 0 bridgehead atoms. The van der Waals surface area contributed by atoms with E-state index in [1.54, 1.807) is 6.20 Å². The van der Waals surface area contributed by atoms with Crippen molar-refractivity contribution in [3.05, 3.63) is 108 Å². The van der Waals surface area contributed by atoms with E-state index in [1.807, 2.05) is 91.0 Å². The second-order valence-electron chi connectivity index (χ2n) is 5.81. The molecule has 2 N–H and O–H groups in total. The Morgan fingerprint density at radius 2 is 1.41 bits per heavy atom. The molecule has 0 aliphatic carbocycles. The lowest BCUT2D eigenvalue weighted by atomic mass is 10.2. The van der Waals surface area contributed by atoms with Gasteiger partial charge in [-0.3, -0.25) is 4.21 Å². The molecule has 27 heavy (non-hydrogen) atoms. The van der Waals surface area contributed by atoms with Gasteiger partial charge in [0.15, 0.2) is 5.11 Å². The summed E-state index contributed by atoms with van der Waals surface area (Å²) in [6, 6.07) is 29.2. The third-order valence-corrected chi connectivity index (χ3v) is 5.47. The number of nitrogens with one attached hydrogen (secondary N) is 2. The zero-order valence-corrected chi connectivity index (χ0v) is 16.3. The summed E-state index contributed by atoms with van der Waals surface area (Å²) >= 11 is 5.35. The van der Waals surface area contributed by atoms with E-state index < -0.39 is 10.8 Å². The number of hydrogen-bond acceptors (Lipinski definition) is 2. The number of rotatable bonds is 6. The summed E-state index contributed by atoms with van der Waals surface area (Å²) in [6.45, 7) is 0. The van der Waals surface area contributed by atoms with Crippen molar-refractivity contribution in [3.8, 4) is 0 Å². The van der Waals surface area contributed by atoms with E-state index in [0.29, 0.717) is 15.8 Å². The number of thiocarbonyl (C=S) groups is 1. The number of benzene rings is 3. The van der Waals surface area contributed by atoms with Gasteiger partial charge in [-0.1, -0.05) is 78.9 Å². The molecule has 3 aromatic carbocycles. The van der Waals surface area contributed by atoms with Gasteiger partial charge in [0.2, 0.25) is 0 Å². The van der Waals surface area contributed by atoms with Gasteiger partial charge in [0, 0.05) is 11.9 Å². The van der Waals surface area contributed by atoms with Crippen molar-refractivity contribution in [1.29, 1.82) is 0 Å². The highest BCUT2D eigenvalue weighted by atomic mass is 32.2. The van der Waals surface area contributed by atoms with Crippen LogP contribution in [0.4, 0.5) is 5.69 Å². The molecule has 0 fully saturated rings. The van der Waals surface area contributed by atoms with E-state index in [2.05, 4.69) is 10.6 Å². The van der Waals surface area contributed by atoms with Gasteiger partial charge in [0.1, 0.15) is 0 Å². The van der Waals surface area contributed by atoms with Crippen LogP contribution >= 0.6 is 12.2 Å². The van der Waals surface area contributed by atoms with Gasteiger partial charge >= 0.3 is 0 Å². The van der Waals surface area contributed by atoms with Crippen molar-refractivity contribution < 1.29 is 4.21 Å². The molecule has 0 amide bonds. The quantitative estimate of drug-likeness (QED) is 0.584. The van der Waals surface area contributed by atoms with E-state index in [4.69, 9.17) is 12.2 Å². The van der Waals surface area contributed by atoms with Crippen molar-refractivity contribution >= 4 is 38.7 Å². The molecule has 3 rings (SSSR count). The van der Waals surface area contributed by atoms with Crippen molar-refractivity contribution in [2.45, 2.75) is 5.75 Å². The van der Waals surface area contributed by atoms with Crippen LogP contribution < -0.4 is 10.6 Å². The molecule has 5 heteroatoms. The molecule has 136 valence electrons. The minimum atomic E-state index is -1.21. The first-order chi connectivity index (χ1) is 13.2. The molecule has 3 nitrogen and oxygen atoms in total. The standard InChI is InChI=1S/C22H20N2OS2/c25-27(17-18-10-4-1-5-11-18)21(19-12-6-2-7-13-19)16-23-22(26)24-20-14-8-3-9-15-20/h1-16H,17H2,(H2,23,24,26)/b21-16+/t27-/m0/s1. The van der Waals surface area contributed by atoms with Crippen LogP contribution in [0.25, 0.3) is 4.91 Å². The van der Waals surface area contributed by atoms with Crippen LogP contribution in [-0.2, 0) is 16.6 Å². The summed E-state index contributed by atoms with van der Waals surface area (Å²) < 4.78 is 13.0. The summed E-state index contributed by atoms with van der Waals surface area (Å²) in [5.74, 6) is 0.447. The summed E-state index contributed by atoms with van der Waals surface area (Å²) in [5.41, 5.74) is 2.83. The fraction of sp³-hybridized carbons (Fsp3) is 0.0455. The molecule has 0 aliphatic rings. The molecule has 0 radical (unpaired) electrons. The first kappa shape index (κ1) is 19.0. The molecular formula is C22H20N2OS2. The predicted octanol–water partition coefficient (Wildman–Crippen LogP) is 4.92. The highest BCUT2D eigenvalue weighted by Gasteiger charge is 2.11. The van der Waals surface area contributed by atoms with Crippen molar-refractivity contribution in [3.63, 3.8) is 0 Å². The maximum atomic E-state index is 13.0. The molecule has 1 atom stereocenters. The summed E-state index contributed by atoms with van der Waals surface area (Å²) in [5, 5.41) is 6.63. The van der Waals surface area contributed by atoms with Crippen LogP contribution in [0.1, 0.15) is 11.1 Å². The summed E-state index contributed by atoms with van der Waals surface area (Å²) in [4.78, 5) is 0.705. The van der Waals surface area contributed by atoms with E-state index in [0.717, 1.165) is 16.8 Å². The van der Waals surface area contributed by atoms with E-state index in [9.17, 15) is 4.21 Å². The highest BCUT2D eigenvalue weighted by molar-refractivity contribution is 7.93. The Morgan fingerprint density at radius 1 is 0.852 bits per heavy atom. The Balaban J connectivity index is 1.76. The van der Waals surface area contributed by atoms with Gasteiger partial charge in [0.05, 0.1) is 21.5 Å². The summed E-state index contributed by atoms with van der Waals surface area (Å²) in [7, 11) is -1.21. The number of anilines is 1. The largest absolute Gasteiger partial charge is 0.338 e. The minimum Gasteiger partial charge on any atom is -0.338 e. The van der Waals surface area contributed by atoms with Gasteiger partial charge in [-0.15, -0.1) is 0 Å². The Kier molecular flexibility index (Phi) is 6.90. The molecule has 0 heterocycles. The average molecular weight is 393 g/mol. The van der Waals surface area contributed by atoms with Crippen molar-refractivity contribution in [1.82, 2.24) is 5.32 Å². The number of hydrogen-bond donors (Lipinski definition) is 2. The first-order valence-electron chi connectivity index (χ1n) is 8.53. The topological polar surface area (TPSA) is 41.1 Å². The van der Waals surface area contributed by atoms with Crippen LogP contribution in [0.2, 0.25) is 0 Å². The lowest BCUT2D eigenvalue weighted by molar-refractivity contribution is 0.688. The normalized spacial score (nSPS) is 12.2. The molecule has 3 aromatic rings. The fourth-order valence-electron chi connectivity index (χ4n) is 2.51. The fourth-order valence-corrected chi connectivity index (χ4v) is 3.92. The molecule has 0 aliphatic heterocycles. The van der Waals surface area contributed by atoms with Crippen LogP contribution in [0.3, 0.4) is 0 Å². The maximum Gasteiger partial charge on any atom is 0.174 e. The molecule has 0 saturated heterocycles. The van der Waals surface area contributed by atoms with E-state index >= 15 is 0 Å².